The van der Waals surface area contributed by atoms with Crippen molar-refractivity contribution in [2.24, 2.45) is 0 Å². The lowest BCUT2D eigenvalue weighted by atomic mass is 10.2. The van der Waals surface area contributed by atoms with E-state index in [2.05, 4.69) is 26.2 Å². The Hall–Kier alpha value is -2.97. The smallest absolute Gasteiger partial charge is 0.251 e. The van der Waals surface area contributed by atoms with Crippen LogP contribution in [0.2, 0.25) is 0 Å². The van der Waals surface area contributed by atoms with E-state index < -0.39 is 0 Å². The first-order valence-corrected chi connectivity index (χ1v) is 7.66. The van der Waals surface area contributed by atoms with Crippen LogP contribution in [0.5, 0.6) is 5.75 Å². The third-order valence-electron chi connectivity index (χ3n) is 3.15. The lowest BCUT2D eigenvalue weighted by Crippen LogP contribution is -2.36. The molecule has 0 bridgehead atoms. The SMILES string of the molecule is CCNC(=O)CNC(=O)c1cccc(OCc2nnnn2CC)c1. The van der Waals surface area contributed by atoms with Gasteiger partial charge in [-0.2, -0.15) is 0 Å². The maximum Gasteiger partial charge on any atom is 0.251 e. The zero-order valence-electron chi connectivity index (χ0n) is 13.7. The minimum absolute atomic E-state index is 0.0664. The molecule has 0 fully saturated rings. The monoisotopic (exact) mass is 332 g/mol. The Morgan fingerprint density at radius 3 is 2.83 bits per heavy atom. The van der Waals surface area contributed by atoms with Crippen molar-refractivity contribution in [3.63, 3.8) is 0 Å². The van der Waals surface area contributed by atoms with Gasteiger partial charge < -0.3 is 15.4 Å². The molecule has 0 aliphatic heterocycles. The van der Waals surface area contributed by atoms with Crippen LogP contribution in [0.15, 0.2) is 24.3 Å². The molecular weight excluding hydrogens is 312 g/mol. The number of aryl methyl sites for hydroxylation is 1. The second kappa shape index (κ2) is 8.61. The Bertz CT molecular complexity index is 700. The molecule has 9 heteroatoms. The number of benzene rings is 1. The van der Waals surface area contributed by atoms with Gasteiger partial charge in [-0.05, 0) is 42.5 Å². The Kier molecular flexibility index (Phi) is 6.23. The van der Waals surface area contributed by atoms with Gasteiger partial charge in [-0.25, -0.2) is 4.68 Å². The van der Waals surface area contributed by atoms with E-state index in [1.807, 2.05) is 13.8 Å². The van der Waals surface area contributed by atoms with Crippen LogP contribution in [0.4, 0.5) is 0 Å². The fourth-order valence-corrected chi connectivity index (χ4v) is 1.97. The van der Waals surface area contributed by atoms with Gasteiger partial charge >= 0.3 is 0 Å². The molecule has 2 aromatic rings. The number of hydrogen-bond donors (Lipinski definition) is 2. The molecule has 0 saturated heterocycles. The number of nitrogens with zero attached hydrogens (tertiary/aromatic N) is 4. The molecule has 9 nitrogen and oxygen atoms in total. The Labute approximate surface area is 139 Å². The third kappa shape index (κ3) is 4.77. The van der Waals surface area contributed by atoms with E-state index in [4.69, 9.17) is 4.74 Å². The van der Waals surface area contributed by atoms with Gasteiger partial charge in [0.05, 0.1) is 6.54 Å². The number of carbonyl (C=O) groups is 2. The predicted molar refractivity (Wildman–Crippen MR) is 85.3 cm³/mol. The zero-order valence-corrected chi connectivity index (χ0v) is 13.7. The largest absolute Gasteiger partial charge is 0.486 e. The molecule has 1 heterocycles. The van der Waals surface area contributed by atoms with Crippen molar-refractivity contribution in [1.82, 2.24) is 30.8 Å². The second-order valence-corrected chi connectivity index (χ2v) is 4.86. The number of tetrazole rings is 1. The van der Waals surface area contributed by atoms with Crippen molar-refractivity contribution in [3.05, 3.63) is 35.7 Å². The summed E-state index contributed by atoms with van der Waals surface area (Å²) in [6.45, 7) is 5.05. The quantitative estimate of drug-likeness (QED) is 0.711. The average Bonchev–Trinajstić information content (AvgIpc) is 3.06. The minimum Gasteiger partial charge on any atom is -0.486 e. The van der Waals surface area contributed by atoms with Gasteiger partial charge in [0.2, 0.25) is 5.91 Å². The molecular formula is C15H20N6O3. The highest BCUT2D eigenvalue weighted by molar-refractivity contribution is 5.96. The lowest BCUT2D eigenvalue weighted by Gasteiger charge is -2.08. The van der Waals surface area contributed by atoms with Crippen molar-refractivity contribution in [2.75, 3.05) is 13.1 Å². The maximum absolute atomic E-state index is 12.1. The molecule has 0 spiro atoms. The van der Waals surface area contributed by atoms with E-state index in [0.717, 1.165) is 0 Å². The summed E-state index contributed by atoms with van der Waals surface area (Å²) in [5, 5.41) is 16.5. The molecule has 1 aromatic carbocycles. The van der Waals surface area contributed by atoms with E-state index in [9.17, 15) is 9.59 Å². The van der Waals surface area contributed by atoms with Crippen molar-refractivity contribution in [3.8, 4) is 5.75 Å². The Morgan fingerprint density at radius 1 is 1.25 bits per heavy atom. The van der Waals surface area contributed by atoms with Crippen LogP contribution in [0.3, 0.4) is 0 Å². The van der Waals surface area contributed by atoms with Crippen LogP contribution in [0, 0.1) is 0 Å². The number of ether oxygens (including phenoxy) is 1. The maximum atomic E-state index is 12.1. The molecule has 0 unspecified atom stereocenters. The zero-order chi connectivity index (χ0) is 17.4. The number of rotatable bonds is 8. The van der Waals surface area contributed by atoms with E-state index in [-0.39, 0.29) is 25.0 Å². The van der Waals surface area contributed by atoms with Gasteiger partial charge in [0.1, 0.15) is 12.4 Å². The molecule has 0 saturated carbocycles. The summed E-state index contributed by atoms with van der Waals surface area (Å²) < 4.78 is 7.25. The Morgan fingerprint density at radius 2 is 2.08 bits per heavy atom. The van der Waals surface area contributed by atoms with E-state index >= 15 is 0 Å². The highest BCUT2D eigenvalue weighted by Crippen LogP contribution is 2.14. The molecule has 2 amide bonds. The van der Waals surface area contributed by atoms with Gasteiger partial charge in [-0.3, -0.25) is 9.59 Å². The van der Waals surface area contributed by atoms with E-state index in [0.29, 0.717) is 30.2 Å². The summed E-state index contributed by atoms with van der Waals surface area (Å²) in [5.41, 5.74) is 0.409. The van der Waals surface area contributed by atoms with Crippen LogP contribution in [0.25, 0.3) is 0 Å². The highest BCUT2D eigenvalue weighted by atomic mass is 16.5. The summed E-state index contributed by atoms with van der Waals surface area (Å²) in [5.74, 6) is 0.546. The average molecular weight is 332 g/mol. The van der Waals surface area contributed by atoms with Crippen molar-refractivity contribution < 1.29 is 14.3 Å². The number of amides is 2. The van der Waals surface area contributed by atoms with Crippen LogP contribution in [-0.4, -0.2) is 45.1 Å². The van der Waals surface area contributed by atoms with Crippen LogP contribution in [0.1, 0.15) is 30.0 Å². The first-order chi connectivity index (χ1) is 11.6. The summed E-state index contributed by atoms with van der Waals surface area (Å²) in [4.78, 5) is 23.4. The molecule has 1 aromatic heterocycles. The van der Waals surface area contributed by atoms with E-state index in [1.54, 1.807) is 28.9 Å². The van der Waals surface area contributed by atoms with Crippen LogP contribution < -0.4 is 15.4 Å². The number of aromatic nitrogens is 4. The molecule has 0 atom stereocenters. The fraction of sp³-hybridized carbons (Fsp3) is 0.400. The third-order valence-corrected chi connectivity index (χ3v) is 3.15. The van der Waals surface area contributed by atoms with Crippen molar-refractivity contribution >= 4 is 11.8 Å². The minimum atomic E-state index is -0.343. The fourth-order valence-electron chi connectivity index (χ4n) is 1.97. The highest BCUT2D eigenvalue weighted by Gasteiger charge is 2.10. The number of hydrogen-bond acceptors (Lipinski definition) is 6. The molecule has 2 N–H and O–H groups in total. The predicted octanol–water partition coefficient (Wildman–Crippen LogP) is 0.138. The number of likely N-dealkylation sites (N-methyl/N-ethyl adjacent to an activating group) is 1. The van der Waals surface area contributed by atoms with Gasteiger partial charge in [0, 0.05) is 18.7 Å². The normalized spacial score (nSPS) is 10.2. The van der Waals surface area contributed by atoms with E-state index in [1.165, 1.54) is 0 Å². The molecule has 0 aliphatic rings. The van der Waals surface area contributed by atoms with Crippen molar-refractivity contribution in [1.29, 1.82) is 0 Å². The Balaban J connectivity index is 1.93. The molecule has 0 radical (unpaired) electrons. The van der Waals surface area contributed by atoms with Gasteiger partial charge in [0.25, 0.3) is 5.91 Å². The van der Waals surface area contributed by atoms with Crippen molar-refractivity contribution in [2.45, 2.75) is 27.0 Å². The summed E-state index contributed by atoms with van der Waals surface area (Å²) in [7, 11) is 0. The molecule has 24 heavy (non-hydrogen) atoms. The summed E-state index contributed by atoms with van der Waals surface area (Å²) in [6, 6.07) is 6.70. The molecule has 2 rings (SSSR count). The second-order valence-electron chi connectivity index (χ2n) is 4.86. The van der Waals surface area contributed by atoms with Gasteiger partial charge in [0.15, 0.2) is 5.82 Å². The molecule has 0 aliphatic carbocycles. The van der Waals surface area contributed by atoms with Gasteiger partial charge in [-0.15, -0.1) is 5.10 Å². The summed E-state index contributed by atoms with van der Waals surface area (Å²) >= 11 is 0. The number of carbonyl (C=O) groups excluding carboxylic acids is 2. The first kappa shape index (κ1) is 17.4. The standard InChI is InChI=1S/C15H20N6O3/c1-3-16-14(22)9-17-15(23)11-6-5-7-12(8-11)24-10-13-18-19-20-21(13)4-2/h5-8H,3-4,9-10H2,1-2H3,(H,16,22)(H,17,23). The van der Waals surface area contributed by atoms with Crippen LogP contribution >= 0.6 is 0 Å². The molecule has 128 valence electrons. The first-order valence-electron chi connectivity index (χ1n) is 7.66. The lowest BCUT2D eigenvalue weighted by molar-refractivity contribution is -0.120. The number of nitrogens with one attached hydrogen (secondary N) is 2. The topological polar surface area (TPSA) is 111 Å². The summed E-state index contributed by atoms with van der Waals surface area (Å²) in [6.07, 6.45) is 0. The van der Waals surface area contributed by atoms with Crippen LogP contribution in [-0.2, 0) is 17.9 Å². The van der Waals surface area contributed by atoms with Gasteiger partial charge in [-0.1, -0.05) is 6.07 Å².